The molecule has 178 valence electrons. The van der Waals surface area contributed by atoms with Crippen LogP contribution in [0.25, 0.3) is 0 Å². The minimum absolute atomic E-state index is 0.263. The fourth-order valence-electron chi connectivity index (χ4n) is 3.38. The first-order chi connectivity index (χ1) is 16.9. The fourth-order valence-corrected chi connectivity index (χ4v) is 3.38. The molecule has 4 aromatic rings. The molecule has 3 N–H and O–H groups in total. The molecular formula is C27H27N5O3. The van der Waals surface area contributed by atoms with Gasteiger partial charge in [-0.1, -0.05) is 17.7 Å². The SMILES string of the molecule is COc1cc(OC)cc(C(=O)Nc2ccc(Nc3cc(C)nc(Nc4ccc(C)cc4)n3)cc2)c1. The molecule has 0 aliphatic carbocycles. The molecule has 35 heavy (non-hydrogen) atoms. The van der Waals surface area contributed by atoms with Gasteiger partial charge in [0.25, 0.3) is 5.91 Å². The maximum Gasteiger partial charge on any atom is 0.255 e. The molecule has 0 saturated heterocycles. The van der Waals surface area contributed by atoms with E-state index in [0.717, 1.165) is 17.1 Å². The first-order valence-electron chi connectivity index (χ1n) is 11.0. The van der Waals surface area contributed by atoms with E-state index in [1.807, 2.05) is 68.4 Å². The molecule has 0 unspecified atom stereocenters. The average Bonchev–Trinajstić information content (AvgIpc) is 2.86. The number of carbonyl (C=O) groups is 1. The van der Waals surface area contributed by atoms with Gasteiger partial charge in [0.1, 0.15) is 17.3 Å². The first-order valence-corrected chi connectivity index (χ1v) is 11.0. The maximum absolute atomic E-state index is 12.7. The van der Waals surface area contributed by atoms with Crippen molar-refractivity contribution in [2.75, 3.05) is 30.2 Å². The van der Waals surface area contributed by atoms with Crippen molar-refractivity contribution in [1.29, 1.82) is 0 Å². The molecule has 0 spiro atoms. The molecule has 0 saturated carbocycles. The number of methoxy groups -OCH3 is 2. The summed E-state index contributed by atoms with van der Waals surface area (Å²) in [4.78, 5) is 21.7. The molecule has 0 atom stereocenters. The maximum atomic E-state index is 12.7. The van der Waals surface area contributed by atoms with Crippen molar-refractivity contribution in [3.63, 3.8) is 0 Å². The molecule has 1 amide bonds. The molecule has 8 nitrogen and oxygen atoms in total. The average molecular weight is 470 g/mol. The van der Waals surface area contributed by atoms with E-state index >= 15 is 0 Å². The number of anilines is 5. The fraction of sp³-hybridized carbons (Fsp3) is 0.148. The quantitative estimate of drug-likeness (QED) is 0.298. The Balaban J connectivity index is 1.43. The van der Waals surface area contributed by atoms with Gasteiger partial charge < -0.3 is 25.4 Å². The van der Waals surface area contributed by atoms with Crippen molar-refractivity contribution in [2.45, 2.75) is 13.8 Å². The van der Waals surface area contributed by atoms with Crippen LogP contribution in [-0.2, 0) is 0 Å². The molecule has 4 rings (SSSR count). The Morgan fingerprint density at radius 1 is 0.714 bits per heavy atom. The van der Waals surface area contributed by atoms with Crippen LogP contribution in [-0.4, -0.2) is 30.1 Å². The van der Waals surface area contributed by atoms with Gasteiger partial charge in [-0.15, -0.1) is 0 Å². The number of carbonyl (C=O) groups excluding carboxylic acids is 1. The van der Waals surface area contributed by atoms with Crippen molar-refractivity contribution >= 4 is 34.7 Å². The zero-order valence-electron chi connectivity index (χ0n) is 20.0. The summed E-state index contributed by atoms with van der Waals surface area (Å²) in [7, 11) is 3.09. The molecule has 1 heterocycles. The third-order valence-corrected chi connectivity index (χ3v) is 5.19. The van der Waals surface area contributed by atoms with E-state index in [1.165, 1.54) is 5.56 Å². The Morgan fingerprint density at radius 3 is 1.91 bits per heavy atom. The summed E-state index contributed by atoms with van der Waals surface area (Å²) < 4.78 is 10.5. The van der Waals surface area contributed by atoms with Gasteiger partial charge >= 0.3 is 0 Å². The van der Waals surface area contributed by atoms with Gasteiger partial charge in [-0.3, -0.25) is 4.79 Å². The van der Waals surface area contributed by atoms with E-state index in [9.17, 15) is 4.79 Å². The summed E-state index contributed by atoms with van der Waals surface area (Å²) in [6.07, 6.45) is 0. The van der Waals surface area contributed by atoms with E-state index < -0.39 is 0 Å². The highest BCUT2D eigenvalue weighted by Gasteiger charge is 2.11. The Kier molecular flexibility index (Phi) is 7.11. The third-order valence-electron chi connectivity index (χ3n) is 5.19. The van der Waals surface area contributed by atoms with Gasteiger partial charge in [-0.05, 0) is 62.4 Å². The van der Waals surface area contributed by atoms with E-state index in [4.69, 9.17) is 9.47 Å². The Labute approximate surface area is 204 Å². The lowest BCUT2D eigenvalue weighted by Crippen LogP contribution is -2.12. The van der Waals surface area contributed by atoms with Crippen LogP contribution >= 0.6 is 0 Å². The minimum atomic E-state index is -0.263. The van der Waals surface area contributed by atoms with Gasteiger partial charge in [-0.25, -0.2) is 4.98 Å². The number of ether oxygens (including phenoxy) is 2. The van der Waals surface area contributed by atoms with Crippen LogP contribution in [0.5, 0.6) is 11.5 Å². The lowest BCUT2D eigenvalue weighted by Gasteiger charge is -2.12. The predicted molar refractivity (Wildman–Crippen MR) is 138 cm³/mol. The van der Waals surface area contributed by atoms with Gasteiger partial charge in [0.05, 0.1) is 14.2 Å². The molecule has 0 aliphatic heterocycles. The highest BCUT2D eigenvalue weighted by molar-refractivity contribution is 6.04. The van der Waals surface area contributed by atoms with Crippen molar-refractivity contribution < 1.29 is 14.3 Å². The monoisotopic (exact) mass is 469 g/mol. The summed E-state index contributed by atoms with van der Waals surface area (Å²) in [5, 5.41) is 9.41. The molecule has 0 radical (unpaired) electrons. The van der Waals surface area contributed by atoms with E-state index in [-0.39, 0.29) is 5.91 Å². The number of aromatic nitrogens is 2. The second-order valence-electron chi connectivity index (χ2n) is 7.97. The number of amides is 1. The second-order valence-corrected chi connectivity index (χ2v) is 7.97. The topological polar surface area (TPSA) is 97.4 Å². The molecule has 1 aromatic heterocycles. The summed E-state index contributed by atoms with van der Waals surface area (Å²) >= 11 is 0. The number of hydrogen-bond donors (Lipinski definition) is 3. The van der Waals surface area contributed by atoms with Crippen LogP contribution in [0.2, 0.25) is 0 Å². The molecule has 0 bridgehead atoms. The summed E-state index contributed by atoms with van der Waals surface area (Å²) in [5.74, 6) is 2.00. The van der Waals surface area contributed by atoms with Gasteiger partial charge in [0, 0.05) is 40.5 Å². The van der Waals surface area contributed by atoms with Crippen LogP contribution in [0.4, 0.5) is 28.8 Å². The molecule has 0 fully saturated rings. The number of rotatable bonds is 8. The van der Waals surface area contributed by atoms with Gasteiger partial charge in [0.15, 0.2) is 0 Å². The largest absolute Gasteiger partial charge is 0.497 e. The van der Waals surface area contributed by atoms with Gasteiger partial charge in [0.2, 0.25) is 5.95 Å². The van der Waals surface area contributed by atoms with E-state index in [0.29, 0.717) is 34.5 Å². The first kappa shape index (κ1) is 23.6. The predicted octanol–water partition coefficient (Wildman–Crippen LogP) is 5.85. The highest BCUT2D eigenvalue weighted by Crippen LogP contribution is 2.24. The second kappa shape index (κ2) is 10.6. The van der Waals surface area contributed by atoms with Crippen LogP contribution in [0.3, 0.4) is 0 Å². The number of benzene rings is 3. The van der Waals surface area contributed by atoms with Crippen LogP contribution < -0.4 is 25.4 Å². The zero-order chi connectivity index (χ0) is 24.8. The Morgan fingerprint density at radius 2 is 1.29 bits per heavy atom. The summed E-state index contributed by atoms with van der Waals surface area (Å²) in [5.41, 5.74) is 4.85. The van der Waals surface area contributed by atoms with Gasteiger partial charge in [-0.2, -0.15) is 4.98 Å². The normalized spacial score (nSPS) is 10.4. The standard InChI is InChI=1S/C27H27N5O3/c1-17-5-7-22(8-6-17)31-27-28-18(2)13-25(32-27)29-20-9-11-21(12-10-20)30-26(33)19-14-23(34-3)16-24(15-19)35-4/h5-16H,1-4H3,(H,30,33)(H2,28,29,31,32). The number of hydrogen-bond acceptors (Lipinski definition) is 7. The summed E-state index contributed by atoms with van der Waals surface area (Å²) in [6.45, 7) is 3.96. The zero-order valence-corrected chi connectivity index (χ0v) is 20.0. The van der Waals surface area contributed by atoms with E-state index in [1.54, 1.807) is 32.4 Å². The van der Waals surface area contributed by atoms with Crippen molar-refractivity contribution in [1.82, 2.24) is 9.97 Å². The number of nitrogens with zero attached hydrogens (tertiary/aromatic N) is 2. The Hall–Kier alpha value is -4.59. The lowest BCUT2D eigenvalue weighted by atomic mass is 10.1. The molecule has 8 heteroatoms. The molecule has 3 aromatic carbocycles. The minimum Gasteiger partial charge on any atom is -0.497 e. The summed E-state index contributed by atoms with van der Waals surface area (Å²) in [6, 6.07) is 22.3. The molecule has 0 aliphatic rings. The highest BCUT2D eigenvalue weighted by atomic mass is 16.5. The smallest absolute Gasteiger partial charge is 0.255 e. The van der Waals surface area contributed by atoms with Crippen molar-refractivity contribution in [3.05, 3.63) is 89.6 Å². The lowest BCUT2D eigenvalue weighted by molar-refractivity contribution is 0.102. The Bertz CT molecular complexity index is 1300. The van der Waals surface area contributed by atoms with E-state index in [2.05, 4.69) is 25.9 Å². The van der Waals surface area contributed by atoms with Crippen LogP contribution in [0.1, 0.15) is 21.6 Å². The van der Waals surface area contributed by atoms with Crippen LogP contribution in [0, 0.1) is 13.8 Å². The number of aryl methyl sites for hydroxylation is 2. The molecular weight excluding hydrogens is 442 g/mol. The third kappa shape index (κ3) is 6.26. The van der Waals surface area contributed by atoms with Crippen molar-refractivity contribution in [2.24, 2.45) is 0 Å². The number of nitrogens with one attached hydrogen (secondary N) is 3. The van der Waals surface area contributed by atoms with Crippen molar-refractivity contribution in [3.8, 4) is 11.5 Å². The van der Waals surface area contributed by atoms with Crippen LogP contribution in [0.15, 0.2) is 72.8 Å².